The highest BCUT2D eigenvalue weighted by Gasteiger charge is 2.11. The minimum atomic E-state index is -0.512. The molecule has 2 aromatic carbocycles. The van der Waals surface area contributed by atoms with Crippen molar-refractivity contribution in [2.24, 2.45) is 0 Å². The molecule has 0 heterocycles. The molecule has 0 saturated carbocycles. The average molecular weight is 391 g/mol. The molecule has 0 aliphatic carbocycles. The first-order chi connectivity index (χ1) is 12.9. The van der Waals surface area contributed by atoms with Crippen molar-refractivity contribution in [2.45, 2.75) is 26.7 Å². The molecule has 0 bridgehead atoms. The van der Waals surface area contributed by atoms with E-state index in [0.717, 1.165) is 11.1 Å². The number of amides is 2. The van der Waals surface area contributed by atoms with Gasteiger partial charge >= 0.3 is 0 Å². The number of para-hydroxylation sites is 1. The molecule has 0 fully saturated rings. The van der Waals surface area contributed by atoms with Crippen molar-refractivity contribution < 1.29 is 19.1 Å². The molecule has 2 N–H and O–H groups in total. The lowest BCUT2D eigenvalue weighted by molar-refractivity contribution is -0.131. The molecule has 2 aromatic rings. The highest BCUT2D eigenvalue weighted by Crippen LogP contribution is 2.27. The summed E-state index contributed by atoms with van der Waals surface area (Å²) in [7, 11) is 0. The smallest absolute Gasteiger partial charge is 0.276 e. The number of benzene rings is 2. The molecule has 0 aromatic heterocycles. The normalized spacial score (nSPS) is 10.4. The van der Waals surface area contributed by atoms with E-state index in [1.807, 2.05) is 25.1 Å². The maximum absolute atomic E-state index is 11.9. The fraction of sp³-hybridized carbons (Fsp3) is 0.300. The zero-order valence-electron chi connectivity index (χ0n) is 15.5. The Bertz CT molecular complexity index is 808. The first kappa shape index (κ1) is 20.6. The van der Waals surface area contributed by atoms with Crippen molar-refractivity contribution in [1.82, 2.24) is 10.9 Å². The van der Waals surface area contributed by atoms with Gasteiger partial charge in [0.1, 0.15) is 11.5 Å². The second-order valence-corrected chi connectivity index (χ2v) is 6.71. The van der Waals surface area contributed by atoms with Crippen LogP contribution >= 0.6 is 11.6 Å². The third-order valence-electron chi connectivity index (χ3n) is 3.69. The van der Waals surface area contributed by atoms with Crippen molar-refractivity contribution in [3.63, 3.8) is 0 Å². The molecule has 0 atom stereocenters. The third-order valence-corrected chi connectivity index (χ3v) is 4.00. The lowest BCUT2D eigenvalue weighted by atomic mass is 10.0. The van der Waals surface area contributed by atoms with E-state index in [2.05, 4.69) is 24.7 Å². The van der Waals surface area contributed by atoms with Crippen molar-refractivity contribution in [3.8, 4) is 11.5 Å². The van der Waals surface area contributed by atoms with Gasteiger partial charge in [-0.25, -0.2) is 0 Å². The predicted molar refractivity (Wildman–Crippen MR) is 104 cm³/mol. The van der Waals surface area contributed by atoms with E-state index < -0.39 is 11.8 Å². The molecule has 0 unspecified atom stereocenters. The number of rotatable bonds is 7. The Morgan fingerprint density at radius 2 is 1.56 bits per heavy atom. The van der Waals surface area contributed by atoms with Crippen LogP contribution in [-0.4, -0.2) is 25.0 Å². The van der Waals surface area contributed by atoms with E-state index in [-0.39, 0.29) is 19.1 Å². The van der Waals surface area contributed by atoms with Gasteiger partial charge in [-0.15, -0.1) is 0 Å². The Kier molecular flexibility index (Phi) is 7.49. The van der Waals surface area contributed by atoms with Gasteiger partial charge in [0, 0.05) is 0 Å². The number of hydrogen-bond donors (Lipinski definition) is 2. The van der Waals surface area contributed by atoms with Crippen LogP contribution in [0.15, 0.2) is 42.5 Å². The van der Waals surface area contributed by atoms with Gasteiger partial charge in [0.05, 0.1) is 5.02 Å². The molecule has 144 valence electrons. The Balaban J connectivity index is 1.77. The van der Waals surface area contributed by atoms with Gasteiger partial charge < -0.3 is 9.47 Å². The second kappa shape index (κ2) is 9.83. The molecular formula is C20H23ClN2O4. The highest BCUT2D eigenvalue weighted by atomic mass is 35.5. The number of nitrogens with one attached hydrogen (secondary N) is 2. The number of halogens is 1. The zero-order chi connectivity index (χ0) is 19.8. The number of carbonyl (C=O) groups excluding carboxylic acids is 2. The van der Waals surface area contributed by atoms with Crippen LogP contribution < -0.4 is 20.3 Å². The molecule has 27 heavy (non-hydrogen) atoms. The van der Waals surface area contributed by atoms with E-state index in [9.17, 15) is 9.59 Å². The van der Waals surface area contributed by atoms with Gasteiger partial charge in [-0.2, -0.15) is 0 Å². The summed E-state index contributed by atoms with van der Waals surface area (Å²) in [5.41, 5.74) is 6.62. The van der Waals surface area contributed by atoms with Crippen molar-refractivity contribution in [2.75, 3.05) is 13.2 Å². The summed E-state index contributed by atoms with van der Waals surface area (Å²) in [6.07, 6.45) is 0. The van der Waals surface area contributed by atoms with Gasteiger partial charge in [-0.05, 0) is 42.2 Å². The fourth-order valence-corrected chi connectivity index (χ4v) is 2.49. The maximum Gasteiger partial charge on any atom is 0.276 e. The maximum atomic E-state index is 11.9. The average Bonchev–Trinajstić information content (AvgIpc) is 2.63. The number of carbonyl (C=O) groups is 2. The molecule has 0 aliphatic heterocycles. The Labute approximate surface area is 163 Å². The number of hydrogen-bond acceptors (Lipinski definition) is 4. The summed E-state index contributed by atoms with van der Waals surface area (Å²) < 4.78 is 10.9. The zero-order valence-corrected chi connectivity index (χ0v) is 16.3. The van der Waals surface area contributed by atoms with Gasteiger partial charge in [0.15, 0.2) is 13.2 Å². The minimum absolute atomic E-state index is 0.213. The standard InChI is InChI=1S/C20H23ClN2O4/c1-13(2)15-9-8-14(3)10-18(15)27-12-20(25)23-22-19(24)11-26-17-7-5-4-6-16(17)21/h4-10,13H,11-12H2,1-3H3,(H,22,24)(H,23,25). The van der Waals surface area contributed by atoms with Crippen LogP contribution in [-0.2, 0) is 9.59 Å². The second-order valence-electron chi connectivity index (χ2n) is 6.30. The summed E-state index contributed by atoms with van der Waals surface area (Å²) in [4.78, 5) is 23.7. The predicted octanol–water partition coefficient (Wildman–Crippen LogP) is 3.38. The minimum Gasteiger partial charge on any atom is -0.483 e. The SMILES string of the molecule is Cc1ccc(C(C)C)c(OCC(=O)NNC(=O)COc2ccccc2Cl)c1. The monoisotopic (exact) mass is 390 g/mol. The van der Waals surface area contributed by atoms with E-state index in [1.165, 1.54) is 0 Å². The number of hydrazine groups is 1. The van der Waals surface area contributed by atoms with Crippen LogP contribution in [0.3, 0.4) is 0 Å². The van der Waals surface area contributed by atoms with Crippen molar-refractivity contribution in [1.29, 1.82) is 0 Å². The summed E-state index contributed by atoms with van der Waals surface area (Å²) in [6, 6.07) is 12.7. The van der Waals surface area contributed by atoms with Crippen LogP contribution in [0.25, 0.3) is 0 Å². The Morgan fingerprint density at radius 1 is 0.963 bits per heavy atom. The van der Waals surface area contributed by atoms with Crippen LogP contribution in [0, 0.1) is 6.92 Å². The van der Waals surface area contributed by atoms with Gasteiger partial charge in [0.25, 0.3) is 11.8 Å². The summed E-state index contributed by atoms with van der Waals surface area (Å²) in [5, 5.41) is 0.404. The lowest BCUT2D eigenvalue weighted by Crippen LogP contribution is -2.45. The molecule has 2 amide bonds. The first-order valence-corrected chi connectivity index (χ1v) is 8.93. The first-order valence-electron chi connectivity index (χ1n) is 8.55. The molecule has 0 aliphatic rings. The quantitative estimate of drug-likeness (QED) is 0.710. The molecule has 6 nitrogen and oxygen atoms in total. The lowest BCUT2D eigenvalue weighted by Gasteiger charge is -2.15. The van der Waals surface area contributed by atoms with Gasteiger partial charge in [-0.3, -0.25) is 20.4 Å². The Morgan fingerprint density at radius 3 is 2.15 bits per heavy atom. The van der Waals surface area contributed by atoms with Crippen LogP contribution in [0.5, 0.6) is 11.5 Å². The van der Waals surface area contributed by atoms with E-state index in [4.69, 9.17) is 21.1 Å². The summed E-state index contributed by atoms with van der Waals surface area (Å²) >= 11 is 5.94. The summed E-state index contributed by atoms with van der Waals surface area (Å²) in [6.45, 7) is 5.57. The molecule has 0 spiro atoms. The molecule has 0 radical (unpaired) electrons. The molecular weight excluding hydrogens is 368 g/mol. The van der Waals surface area contributed by atoms with Crippen LogP contribution in [0.4, 0.5) is 0 Å². The van der Waals surface area contributed by atoms with Crippen LogP contribution in [0.1, 0.15) is 30.9 Å². The highest BCUT2D eigenvalue weighted by molar-refractivity contribution is 6.32. The molecule has 2 rings (SSSR count). The summed E-state index contributed by atoms with van der Waals surface area (Å²) in [5.74, 6) is 0.336. The molecule has 7 heteroatoms. The van der Waals surface area contributed by atoms with E-state index in [0.29, 0.717) is 16.5 Å². The van der Waals surface area contributed by atoms with E-state index >= 15 is 0 Å². The fourth-order valence-electron chi connectivity index (χ4n) is 2.30. The van der Waals surface area contributed by atoms with E-state index in [1.54, 1.807) is 24.3 Å². The number of aryl methyl sites for hydroxylation is 1. The largest absolute Gasteiger partial charge is 0.483 e. The van der Waals surface area contributed by atoms with Gasteiger partial charge in [-0.1, -0.05) is 49.7 Å². The topological polar surface area (TPSA) is 76.7 Å². The van der Waals surface area contributed by atoms with Crippen LogP contribution in [0.2, 0.25) is 5.02 Å². The van der Waals surface area contributed by atoms with Crippen molar-refractivity contribution >= 4 is 23.4 Å². The number of ether oxygens (including phenoxy) is 2. The van der Waals surface area contributed by atoms with Gasteiger partial charge in [0.2, 0.25) is 0 Å². The Hall–Kier alpha value is -2.73. The molecule has 0 saturated heterocycles. The third kappa shape index (κ3) is 6.49. The van der Waals surface area contributed by atoms with Crippen molar-refractivity contribution in [3.05, 3.63) is 58.6 Å².